The standard InChI is InChI=1S/C22H28N6O2/c1-6-7-18(14-8-19(29)23-10-14)30-21-20-17(24-13-27(20)5)9-16(26-21)15-11-25-28(12-15)22(2,3)4/h6,9,11-14,18H,1,7-8,10H2,2-5H3,(H,23,29)/t14?,18-/m1/s1. The van der Waals surface area contributed by atoms with Crippen molar-refractivity contribution in [1.82, 2.24) is 29.6 Å². The number of hydrogen-bond donors (Lipinski definition) is 1. The van der Waals surface area contributed by atoms with E-state index in [2.05, 4.69) is 42.7 Å². The molecule has 1 amide bonds. The third kappa shape index (κ3) is 3.81. The van der Waals surface area contributed by atoms with Crippen LogP contribution in [0.4, 0.5) is 0 Å². The van der Waals surface area contributed by atoms with Gasteiger partial charge >= 0.3 is 0 Å². The van der Waals surface area contributed by atoms with E-state index in [1.807, 2.05) is 40.8 Å². The van der Waals surface area contributed by atoms with E-state index >= 15 is 0 Å². The normalized spacial score (nSPS) is 17.9. The lowest BCUT2D eigenvalue weighted by molar-refractivity contribution is -0.119. The minimum Gasteiger partial charge on any atom is -0.472 e. The van der Waals surface area contributed by atoms with E-state index in [1.54, 1.807) is 6.33 Å². The number of carbonyl (C=O) groups is 1. The second-order valence-electron chi connectivity index (χ2n) is 8.83. The highest BCUT2D eigenvalue weighted by Gasteiger charge is 2.31. The van der Waals surface area contributed by atoms with E-state index in [1.165, 1.54) is 0 Å². The van der Waals surface area contributed by atoms with Gasteiger partial charge in [0.1, 0.15) is 11.6 Å². The molecule has 4 heterocycles. The molecule has 0 radical (unpaired) electrons. The molecular formula is C22H28N6O2. The summed E-state index contributed by atoms with van der Waals surface area (Å²) in [5.41, 5.74) is 3.17. The molecule has 2 atom stereocenters. The predicted molar refractivity (Wildman–Crippen MR) is 115 cm³/mol. The summed E-state index contributed by atoms with van der Waals surface area (Å²) in [5.74, 6) is 0.643. The first kappa shape index (κ1) is 20.1. The Balaban J connectivity index is 1.74. The highest BCUT2D eigenvalue weighted by atomic mass is 16.5. The molecule has 1 unspecified atom stereocenters. The Morgan fingerprint density at radius 2 is 2.23 bits per heavy atom. The zero-order chi connectivity index (χ0) is 21.5. The minimum atomic E-state index is -0.195. The van der Waals surface area contributed by atoms with Gasteiger partial charge in [0.2, 0.25) is 11.8 Å². The number of aryl methyl sites for hydroxylation is 1. The van der Waals surface area contributed by atoms with E-state index in [9.17, 15) is 4.79 Å². The van der Waals surface area contributed by atoms with Gasteiger partial charge in [0.05, 0.1) is 29.3 Å². The number of carbonyl (C=O) groups excluding carboxylic acids is 1. The molecule has 8 heteroatoms. The molecule has 0 aliphatic carbocycles. The van der Waals surface area contributed by atoms with Crippen molar-refractivity contribution in [2.24, 2.45) is 13.0 Å². The van der Waals surface area contributed by atoms with Gasteiger partial charge in [0.25, 0.3) is 0 Å². The average Bonchev–Trinajstić information content (AvgIpc) is 3.41. The number of nitrogens with zero attached hydrogens (tertiary/aromatic N) is 5. The van der Waals surface area contributed by atoms with Gasteiger partial charge in [-0.15, -0.1) is 6.58 Å². The number of aromatic nitrogens is 5. The smallest absolute Gasteiger partial charge is 0.241 e. The molecule has 30 heavy (non-hydrogen) atoms. The van der Waals surface area contributed by atoms with Crippen LogP contribution in [0.1, 0.15) is 33.6 Å². The summed E-state index contributed by atoms with van der Waals surface area (Å²) in [6.07, 6.45) is 8.27. The lowest BCUT2D eigenvalue weighted by Gasteiger charge is -2.23. The van der Waals surface area contributed by atoms with Crippen LogP contribution in [0.5, 0.6) is 5.88 Å². The fourth-order valence-corrected chi connectivity index (χ4v) is 3.73. The second-order valence-corrected chi connectivity index (χ2v) is 8.83. The summed E-state index contributed by atoms with van der Waals surface area (Å²) in [4.78, 5) is 21.1. The molecule has 3 aromatic heterocycles. The number of rotatable bonds is 6. The number of fused-ring (bicyclic) bond motifs is 1. The highest BCUT2D eigenvalue weighted by molar-refractivity contribution is 5.84. The fraction of sp³-hybridized carbons (Fsp3) is 0.455. The van der Waals surface area contributed by atoms with Crippen LogP contribution < -0.4 is 10.1 Å². The van der Waals surface area contributed by atoms with E-state index in [0.29, 0.717) is 25.3 Å². The Bertz CT molecular complexity index is 1090. The quantitative estimate of drug-likeness (QED) is 0.634. The maximum atomic E-state index is 11.7. The van der Waals surface area contributed by atoms with Crippen molar-refractivity contribution in [3.63, 3.8) is 0 Å². The third-order valence-electron chi connectivity index (χ3n) is 5.43. The average molecular weight is 409 g/mol. The van der Waals surface area contributed by atoms with Gasteiger partial charge in [0.15, 0.2) is 0 Å². The molecule has 1 fully saturated rings. The van der Waals surface area contributed by atoms with Gasteiger partial charge < -0.3 is 14.6 Å². The molecule has 1 aliphatic rings. The van der Waals surface area contributed by atoms with E-state index in [0.717, 1.165) is 22.3 Å². The number of hydrogen-bond acceptors (Lipinski definition) is 5. The van der Waals surface area contributed by atoms with Crippen LogP contribution >= 0.6 is 0 Å². The second kappa shape index (κ2) is 7.59. The molecular weight excluding hydrogens is 380 g/mol. The Hall–Kier alpha value is -3.16. The van der Waals surface area contributed by atoms with E-state index in [4.69, 9.17) is 9.72 Å². The predicted octanol–water partition coefficient (Wildman–Crippen LogP) is 3.05. The maximum absolute atomic E-state index is 11.7. The van der Waals surface area contributed by atoms with Gasteiger partial charge in [-0.3, -0.25) is 9.48 Å². The first-order chi connectivity index (χ1) is 14.3. The van der Waals surface area contributed by atoms with E-state index < -0.39 is 0 Å². The Morgan fingerprint density at radius 1 is 1.43 bits per heavy atom. The van der Waals surface area contributed by atoms with Crippen LogP contribution in [0.15, 0.2) is 37.4 Å². The number of amides is 1. The Morgan fingerprint density at radius 3 is 2.87 bits per heavy atom. The summed E-state index contributed by atoms with van der Waals surface area (Å²) in [6.45, 7) is 10.8. The van der Waals surface area contributed by atoms with Crippen LogP contribution in [0.3, 0.4) is 0 Å². The molecule has 0 bridgehead atoms. The van der Waals surface area contributed by atoms with Crippen molar-refractivity contribution in [2.75, 3.05) is 6.54 Å². The summed E-state index contributed by atoms with van der Waals surface area (Å²) in [5, 5.41) is 7.38. The molecule has 8 nitrogen and oxygen atoms in total. The third-order valence-corrected chi connectivity index (χ3v) is 5.43. The van der Waals surface area contributed by atoms with Gasteiger partial charge in [-0.25, -0.2) is 9.97 Å². The molecule has 0 aromatic carbocycles. The molecule has 4 rings (SSSR count). The largest absolute Gasteiger partial charge is 0.472 e. The molecule has 0 saturated carbocycles. The fourth-order valence-electron chi connectivity index (χ4n) is 3.73. The minimum absolute atomic E-state index is 0.0552. The van der Waals surface area contributed by atoms with Crippen LogP contribution in [0, 0.1) is 5.92 Å². The van der Waals surface area contributed by atoms with Crippen molar-refractivity contribution < 1.29 is 9.53 Å². The molecule has 1 saturated heterocycles. The van der Waals surface area contributed by atoms with Gasteiger partial charge in [-0.2, -0.15) is 5.10 Å². The molecule has 1 N–H and O–H groups in total. The summed E-state index contributed by atoms with van der Waals surface area (Å²) in [6, 6.07) is 1.95. The molecule has 0 spiro atoms. The molecule has 3 aromatic rings. The zero-order valence-corrected chi connectivity index (χ0v) is 17.9. The Labute approximate surface area is 176 Å². The SMILES string of the molecule is C=CC[C@@H](Oc1nc(-c2cnn(C(C)(C)C)c2)cc2ncn(C)c12)C1CNC(=O)C1. The van der Waals surface area contributed by atoms with Crippen molar-refractivity contribution in [1.29, 1.82) is 0 Å². The number of pyridine rings is 1. The highest BCUT2D eigenvalue weighted by Crippen LogP contribution is 2.31. The number of nitrogens with one attached hydrogen (secondary N) is 1. The summed E-state index contributed by atoms with van der Waals surface area (Å²) in [7, 11) is 1.92. The topological polar surface area (TPSA) is 86.9 Å². The van der Waals surface area contributed by atoms with Crippen LogP contribution in [0.25, 0.3) is 22.3 Å². The first-order valence-electron chi connectivity index (χ1n) is 10.2. The van der Waals surface area contributed by atoms with Crippen molar-refractivity contribution in [3.05, 3.63) is 37.4 Å². The van der Waals surface area contributed by atoms with Crippen molar-refractivity contribution in [3.8, 4) is 17.1 Å². The van der Waals surface area contributed by atoms with Crippen LogP contribution in [0.2, 0.25) is 0 Å². The first-order valence-corrected chi connectivity index (χ1v) is 10.2. The molecule has 1 aliphatic heterocycles. The Kier molecular flexibility index (Phi) is 5.09. The van der Waals surface area contributed by atoms with Gasteiger partial charge in [-0.1, -0.05) is 6.08 Å². The lowest BCUT2D eigenvalue weighted by Crippen LogP contribution is -2.29. The van der Waals surface area contributed by atoms with Crippen LogP contribution in [-0.2, 0) is 17.4 Å². The van der Waals surface area contributed by atoms with E-state index in [-0.39, 0.29) is 23.5 Å². The zero-order valence-electron chi connectivity index (χ0n) is 17.9. The number of ether oxygens (including phenoxy) is 1. The van der Waals surface area contributed by atoms with Crippen LogP contribution in [-0.4, -0.2) is 42.9 Å². The monoisotopic (exact) mass is 408 g/mol. The lowest BCUT2D eigenvalue weighted by atomic mass is 9.98. The number of imidazole rings is 1. The van der Waals surface area contributed by atoms with Crippen molar-refractivity contribution in [2.45, 2.75) is 45.3 Å². The van der Waals surface area contributed by atoms with Crippen molar-refractivity contribution >= 4 is 16.9 Å². The summed E-state index contributed by atoms with van der Waals surface area (Å²) >= 11 is 0. The van der Waals surface area contributed by atoms with Gasteiger partial charge in [-0.05, 0) is 26.8 Å². The maximum Gasteiger partial charge on any atom is 0.241 e. The molecule has 158 valence electrons. The summed E-state index contributed by atoms with van der Waals surface area (Å²) < 4.78 is 10.2. The van der Waals surface area contributed by atoms with Gasteiger partial charge in [0, 0.05) is 44.1 Å².